The fraction of sp³-hybridized carbons (Fsp3) is 0.250. The second-order valence-electron chi connectivity index (χ2n) is 5.52. The number of urea groups is 1. The number of anilines is 1. The highest BCUT2D eigenvalue weighted by Gasteiger charge is 2.22. The lowest BCUT2D eigenvalue weighted by atomic mass is 10.2. The smallest absolute Gasteiger partial charge is 0.316 e. The first-order chi connectivity index (χ1) is 11.5. The molecule has 3 rings (SSSR count). The average molecular weight is 348 g/mol. The fourth-order valence-electron chi connectivity index (χ4n) is 2.60. The highest BCUT2D eigenvalue weighted by atomic mass is 32.1. The van der Waals surface area contributed by atoms with Gasteiger partial charge in [-0.2, -0.15) is 0 Å². The molecule has 0 saturated carbocycles. The molecule has 6 nitrogen and oxygen atoms in total. The maximum atomic E-state index is 13.4. The van der Waals surface area contributed by atoms with Crippen molar-refractivity contribution in [3.05, 3.63) is 41.0 Å². The topological polar surface area (TPSA) is 96.2 Å². The van der Waals surface area contributed by atoms with Gasteiger partial charge in [-0.15, -0.1) is 11.3 Å². The number of carbonyl (C=O) groups excluding carboxylic acids is 2. The van der Waals surface area contributed by atoms with Gasteiger partial charge in [0.25, 0.3) is 5.91 Å². The summed E-state index contributed by atoms with van der Waals surface area (Å²) in [5.41, 5.74) is 6.14. The zero-order valence-corrected chi connectivity index (χ0v) is 13.6. The zero-order valence-electron chi connectivity index (χ0n) is 12.8. The van der Waals surface area contributed by atoms with Gasteiger partial charge in [0.15, 0.2) is 0 Å². The van der Waals surface area contributed by atoms with Crippen molar-refractivity contribution in [2.24, 2.45) is 5.73 Å². The Morgan fingerprint density at radius 2 is 2.17 bits per heavy atom. The third-order valence-electron chi connectivity index (χ3n) is 3.70. The molecule has 1 aliphatic rings. The van der Waals surface area contributed by atoms with E-state index in [0.717, 1.165) is 13.0 Å². The maximum Gasteiger partial charge on any atom is 0.316 e. The van der Waals surface area contributed by atoms with Crippen molar-refractivity contribution in [2.75, 3.05) is 18.4 Å². The number of amides is 3. The van der Waals surface area contributed by atoms with Gasteiger partial charge in [0.1, 0.15) is 10.7 Å². The molecule has 8 heteroatoms. The highest BCUT2D eigenvalue weighted by molar-refractivity contribution is 7.18. The van der Waals surface area contributed by atoms with E-state index in [9.17, 15) is 14.0 Å². The van der Waals surface area contributed by atoms with Gasteiger partial charge in [0, 0.05) is 17.5 Å². The summed E-state index contributed by atoms with van der Waals surface area (Å²) in [4.78, 5) is 24.7. The van der Waals surface area contributed by atoms with Crippen molar-refractivity contribution in [2.45, 2.75) is 12.5 Å². The molecule has 0 bridgehead atoms. The van der Waals surface area contributed by atoms with E-state index in [1.54, 1.807) is 18.2 Å². The lowest BCUT2D eigenvalue weighted by Crippen LogP contribution is -2.36. The molecule has 1 aromatic carbocycles. The van der Waals surface area contributed by atoms with Crippen molar-refractivity contribution < 1.29 is 14.0 Å². The second-order valence-corrected chi connectivity index (χ2v) is 6.57. The van der Waals surface area contributed by atoms with Gasteiger partial charge in [-0.05, 0) is 36.7 Å². The molecule has 2 heterocycles. The summed E-state index contributed by atoms with van der Waals surface area (Å²) >= 11 is 1.19. The van der Waals surface area contributed by atoms with Gasteiger partial charge in [-0.1, -0.05) is 12.1 Å². The summed E-state index contributed by atoms with van der Waals surface area (Å²) in [6.07, 6.45) is 0.854. The van der Waals surface area contributed by atoms with Crippen molar-refractivity contribution >= 4 is 29.0 Å². The van der Waals surface area contributed by atoms with E-state index >= 15 is 0 Å². The first-order valence-electron chi connectivity index (χ1n) is 7.51. The van der Waals surface area contributed by atoms with Crippen LogP contribution in [0.3, 0.4) is 0 Å². The Bertz CT molecular complexity index is 771. The Morgan fingerprint density at radius 3 is 2.83 bits per heavy atom. The van der Waals surface area contributed by atoms with Crippen LogP contribution in [0.5, 0.6) is 0 Å². The molecule has 24 heavy (non-hydrogen) atoms. The summed E-state index contributed by atoms with van der Waals surface area (Å²) in [7, 11) is 0. The molecule has 0 radical (unpaired) electrons. The molecule has 126 valence electrons. The molecule has 5 N–H and O–H groups in total. The van der Waals surface area contributed by atoms with Crippen molar-refractivity contribution in [3.63, 3.8) is 0 Å². The molecule has 1 saturated heterocycles. The third-order valence-corrected chi connectivity index (χ3v) is 4.88. The number of carbonyl (C=O) groups is 2. The van der Waals surface area contributed by atoms with Gasteiger partial charge >= 0.3 is 6.03 Å². The van der Waals surface area contributed by atoms with Crippen LogP contribution < -0.4 is 21.7 Å². The van der Waals surface area contributed by atoms with Crippen molar-refractivity contribution in [1.82, 2.24) is 10.6 Å². The van der Waals surface area contributed by atoms with Crippen LogP contribution in [0.15, 0.2) is 30.3 Å². The van der Waals surface area contributed by atoms with E-state index in [4.69, 9.17) is 5.73 Å². The van der Waals surface area contributed by atoms with Crippen LogP contribution in [-0.2, 0) is 0 Å². The quantitative estimate of drug-likeness (QED) is 0.681. The monoisotopic (exact) mass is 348 g/mol. The van der Waals surface area contributed by atoms with Gasteiger partial charge in [-0.3, -0.25) is 4.79 Å². The van der Waals surface area contributed by atoms with Crippen molar-refractivity contribution in [3.8, 4) is 10.4 Å². The Balaban J connectivity index is 1.90. The molecule has 0 unspecified atom stereocenters. The zero-order chi connectivity index (χ0) is 17.1. The molecular weight excluding hydrogens is 331 g/mol. The molecule has 2 aromatic rings. The van der Waals surface area contributed by atoms with Gasteiger partial charge in [0.05, 0.1) is 5.69 Å². The molecule has 0 aliphatic carbocycles. The van der Waals surface area contributed by atoms with Crippen LogP contribution in [0.4, 0.5) is 14.9 Å². The van der Waals surface area contributed by atoms with Crippen LogP contribution in [0.2, 0.25) is 0 Å². The van der Waals surface area contributed by atoms with Gasteiger partial charge in [-0.25, -0.2) is 9.18 Å². The van der Waals surface area contributed by atoms with Crippen LogP contribution in [0, 0.1) is 5.82 Å². The number of thiophene rings is 1. The summed E-state index contributed by atoms with van der Waals surface area (Å²) in [6.45, 7) is 1.57. The number of benzene rings is 1. The van der Waals surface area contributed by atoms with E-state index in [1.165, 1.54) is 23.5 Å². The predicted molar refractivity (Wildman–Crippen MR) is 91.7 cm³/mol. The van der Waals surface area contributed by atoms with Crippen LogP contribution >= 0.6 is 11.3 Å². The van der Waals surface area contributed by atoms with E-state index in [-0.39, 0.29) is 17.8 Å². The average Bonchev–Trinajstić information content (AvgIpc) is 3.16. The SMILES string of the molecule is NC(=O)Nc1cc(-c2cccc(F)c2)sc1C(=O)N[C@H]1CCNC1. The number of halogens is 1. The maximum absolute atomic E-state index is 13.4. The highest BCUT2D eigenvalue weighted by Crippen LogP contribution is 2.35. The first kappa shape index (κ1) is 16.4. The minimum absolute atomic E-state index is 0.0543. The van der Waals surface area contributed by atoms with E-state index < -0.39 is 6.03 Å². The molecule has 1 atom stereocenters. The molecule has 3 amide bonds. The number of rotatable bonds is 4. The standard InChI is InChI=1S/C16H17FN4O2S/c17-10-3-1-2-9(6-10)13-7-12(21-16(18)23)14(24-13)15(22)20-11-4-5-19-8-11/h1-3,6-7,11,19H,4-5,8H2,(H,20,22)(H3,18,21,23)/t11-/m0/s1. The van der Waals surface area contributed by atoms with Crippen LogP contribution in [0.25, 0.3) is 10.4 Å². The number of hydrogen-bond acceptors (Lipinski definition) is 4. The second kappa shape index (κ2) is 6.98. The fourth-order valence-corrected chi connectivity index (χ4v) is 3.61. The molecule has 1 aromatic heterocycles. The third kappa shape index (κ3) is 3.72. The first-order valence-corrected chi connectivity index (χ1v) is 8.32. The number of nitrogens with one attached hydrogen (secondary N) is 3. The Kier molecular flexibility index (Phi) is 4.77. The normalized spacial score (nSPS) is 16.8. The Morgan fingerprint density at radius 1 is 1.33 bits per heavy atom. The molecule has 1 aliphatic heterocycles. The summed E-state index contributed by atoms with van der Waals surface area (Å²) < 4.78 is 13.4. The van der Waals surface area contributed by atoms with E-state index in [0.29, 0.717) is 27.5 Å². The largest absolute Gasteiger partial charge is 0.351 e. The van der Waals surface area contributed by atoms with Crippen molar-refractivity contribution in [1.29, 1.82) is 0 Å². The number of hydrogen-bond donors (Lipinski definition) is 4. The minimum atomic E-state index is -0.754. The Labute approximate surface area is 142 Å². The van der Waals surface area contributed by atoms with E-state index in [1.807, 2.05) is 0 Å². The number of nitrogens with two attached hydrogens (primary N) is 1. The summed E-state index contributed by atoms with van der Waals surface area (Å²) in [6, 6.07) is 6.99. The summed E-state index contributed by atoms with van der Waals surface area (Å²) in [5, 5.41) is 8.56. The Hall–Kier alpha value is -2.45. The molecule has 0 spiro atoms. The molecular formula is C16H17FN4O2S. The van der Waals surface area contributed by atoms with Gasteiger partial charge < -0.3 is 21.7 Å². The summed E-state index contributed by atoms with van der Waals surface area (Å²) in [5.74, 6) is -0.645. The minimum Gasteiger partial charge on any atom is -0.351 e. The van der Waals surface area contributed by atoms with Crippen LogP contribution in [-0.4, -0.2) is 31.1 Å². The lowest BCUT2D eigenvalue weighted by Gasteiger charge is -2.11. The van der Waals surface area contributed by atoms with E-state index in [2.05, 4.69) is 16.0 Å². The molecule has 1 fully saturated rings. The van der Waals surface area contributed by atoms with Crippen LogP contribution in [0.1, 0.15) is 16.1 Å². The predicted octanol–water partition coefficient (Wildman–Crippen LogP) is 2.14. The number of primary amides is 1. The van der Waals surface area contributed by atoms with Gasteiger partial charge in [0.2, 0.25) is 0 Å². The lowest BCUT2D eigenvalue weighted by molar-refractivity contribution is 0.0945.